The molecule has 0 aromatic carbocycles. The molecule has 1 aliphatic rings. The minimum atomic E-state index is 0.588. The van der Waals surface area contributed by atoms with Crippen molar-refractivity contribution in [3.8, 4) is 0 Å². The second-order valence-electron chi connectivity index (χ2n) is 3.44. The molecule has 0 amide bonds. The third-order valence-electron chi connectivity index (χ3n) is 2.41. The summed E-state index contributed by atoms with van der Waals surface area (Å²) in [5.41, 5.74) is 2.80. The van der Waals surface area contributed by atoms with Crippen LogP contribution in [0.3, 0.4) is 0 Å². The zero-order chi connectivity index (χ0) is 9.68. The smallest absolute Gasteiger partial charge is 0.00525 e. The van der Waals surface area contributed by atoms with Crippen molar-refractivity contribution in [3.05, 3.63) is 47.6 Å². The van der Waals surface area contributed by atoms with Gasteiger partial charge in [-0.3, -0.25) is 0 Å². The molecule has 0 heterocycles. The molecule has 1 aliphatic carbocycles. The molecule has 0 saturated carbocycles. The van der Waals surface area contributed by atoms with E-state index in [0.717, 1.165) is 6.42 Å². The van der Waals surface area contributed by atoms with Crippen LogP contribution in [0.25, 0.3) is 0 Å². The summed E-state index contributed by atoms with van der Waals surface area (Å²) in [6, 6.07) is 0. The van der Waals surface area contributed by atoms with Crippen LogP contribution in [0.4, 0.5) is 0 Å². The van der Waals surface area contributed by atoms with Crippen molar-refractivity contribution >= 4 is 0 Å². The molecular weight excluding hydrogens is 156 g/mol. The summed E-state index contributed by atoms with van der Waals surface area (Å²) in [7, 11) is 0. The van der Waals surface area contributed by atoms with Gasteiger partial charge in [0.15, 0.2) is 0 Å². The Morgan fingerprint density at radius 2 is 2.23 bits per heavy atom. The molecule has 0 radical (unpaired) electrons. The van der Waals surface area contributed by atoms with Crippen molar-refractivity contribution in [1.82, 2.24) is 0 Å². The molecule has 0 fully saturated rings. The highest BCUT2D eigenvalue weighted by atomic mass is 14.1. The molecule has 13 heavy (non-hydrogen) atoms. The molecular formula is C13H18. The van der Waals surface area contributed by atoms with Crippen LogP contribution in [0, 0.1) is 5.92 Å². The van der Waals surface area contributed by atoms with E-state index >= 15 is 0 Å². The second kappa shape index (κ2) is 4.86. The maximum absolute atomic E-state index is 2.30. The third kappa shape index (κ3) is 2.73. The maximum atomic E-state index is 2.30. The Kier molecular flexibility index (Phi) is 3.75. The quantitative estimate of drug-likeness (QED) is 0.554. The van der Waals surface area contributed by atoms with Gasteiger partial charge < -0.3 is 0 Å². The van der Waals surface area contributed by atoms with Gasteiger partial charge in [0.1, 0.15) is 0 Å². The Hall–Kier alpha value is -1.04. The molecule has 1 atom stereocenters. The lowest BCUT2D eigenvalue weighted by molar-refractivity contribution is 0.778. The van der Waals surface area contributed by atoms with Gasteiger partial charge in [0.05, 0.1) is 0 Å². The maximum Gasteiger partial charge on any atom is 0.00525 e. The largest absolute Gasteiger partial charge is 0.0874 e. The van der Waals surface area contributed by atoms with E-state index in [9.17, 15) is 0 Å². The van der Waals surface area contributed by atoms with Crippen molar-refractivity contribution in [2.24, 2.45) is 5.92 Å². The standard InChI is InChI=1S/C13H18/c1-4-6-12(5-2)13-9-7-11(3)8-10-13/h4-9,13H,10H2,1-3H3/b6-4-,12-5+. The first-order valence-electron chi connectivity index (χ1n) is 4.91. The first-order valence-corrected chi connectivity index (χ1v) is 4.91. The molecule has 1 rings (SSSR count). The van der Waals surface area contributed by atoms with E-state index in [2.05, 4.69) is 57.2 Å². The monoisotopic (exact) mass is 174 g/mol. The van der Waals surface area contributed by atoms with Gasteiger partial charge in [-0.05, 0) is 32.8 Å². The van der Waals surface area contributed by atoms with Crippen molar-refractivity contribution in [3.63, 3.8) is 0 Å². The molecule has 0 aliphatic heterocycles. The Morgan fingerprint density at radius 1 is 1.46 bits per heavy atom. The van der Waals surface area contributed by atoms with E-state index in [1.54, 1.807) is 0 Å². The number of rotatable bonds is 2. The second-order valence-corrected chi connectivity index (χ2v) is 3.44. The Balaban J connectivity index is 2.70. The van der Waals surface area contributed by atoms with Crippen molar-refractivity contribution in [1.29, 1.82) is 0 Å². The fourth-order valence-corrected chi connectivity index (χ4v) is 1.60. The van der Waals surface area contributed by atoms with Gasteiger partial charge in [0.2, 0.25) is 0 Å². The van der Waals surface area contributed by atoms with Crippen molar-refractivity contribution < 1.29 is 0 Å². The van der Waals surface area contributed by atoms with Crippen molar-refractivity contribution in [2.75, 3.05) is 0 Å². The van der Waals surface area contributed by atoms with Crippen molar-refractivity contribution in [2.45, 2.75) is 27.2 Å². The number of allylic oxidation sites excluding steroid dienone is 8. The Bertz CT molecular complexity index is 274. The lowest BCUT2D eigenvalue weighted by Crippen LogP contribution is -2.01. The zero-order valence-corrected chi connectivity index (χ0v) is 8.75. The zero-order valence-electron chi connectivity index (χ0n) is 8.75. The summed E-state index contributed by atoms with van der Waals surface area (Å²) in [6.07, 6.45) is 14.5. The normalized spacial score (nSPS) is 23.8. The number of hydrogen-bond donors (Lipinski definition) is 0. The first kappa shape index (κ1) is 10.0. The average Bonchev–Trinajstić information content (AvgIpc) is 2.16. The summed E-state index contributed by atoms with van der Waals surface area (Å²) in [5.74, 6) is 0.588. The lowest BCUT2D eigenvalue weighted by Gasteiger charge is -2.15. The summed E-state index contributed by atoms with van der Waals surface area (Å²) in [5, 5.41) is 0. The molecule has 1 unspecified atom stereocenters. The van der Waals surface area contributed by atoms with E-state index in [4.69, 9.17) is 0 Å². The van der Waals surface area contributed by atoms with Crippen LogP contribution in [0.5, 0.6) is 0 Å². The van der Waals surface area contributed by atoms with E-state index < -0.39 is 0 Å². The third-order valence-corrected chi connectivity index (χ3v) is 2.41. The first-order chi connectivity index (χ1) is 6.27. The Labute approximate surface area is 81.4 Å². The fraction of sp³-hybridized carbons (Fsp3) is 0.385. The SMILES string of the molecule is C/C=C\C(=C/C)C1C=CC(C)=CC1. The van der Waals surface area contributed by atoms with E-state index in [1.807, 2.05) is 0 Å². The van der Waals surface area contributed by atoms with E-state index in [-0.39, 0.29) is 0 Å². The van der Waals surface area contributed by atoms with Crippen LogP contribution in [-0.4, -0.2) is 0 Å². The van der Waals surface area contributed by atoms with Crippen LogP contribution < -0.4 is 0 Å². The summed E-state index contributed by atoms with van der Waals surface area (Å²) in [4.78, 5) is 0. The molecule has 0 bridgehead atoms. The Morgan fingerprint density at radius 3 is 2.69 bits per heavy atom. The molecule has 0 aromatic heterocycles. The van der Waals surface area contributed by atoms with Crippen LogP contribution in [0.15, 0.2) is 47.6 Å². The van der Waals surface area contributed by atoms with E-state index in [1.165, 1.54) is 11.1 Å². The van der Waals surface area contributed by atoms with Gasteiger partial charge in [-0.1, -0.05) is 42.0 Å². The van der Waals surface area contributed by atoms with Gasteiger partial charge >= 0.3 is 0 Å². The topological polar surface area (TPSA) is 0 Å². The number of hydrogen-bond acceptors (Lipinski definition) is 0. The predicted octanol–water partition coefficient (Wildman–Crippen LogP) is 4.03. The molecule has 0 saturated heterocycles. The molecule has 0 spiro atoms. The van der Waals surface area contributed by atoms with Gasteiger partial charge in [0, 0.05) is 5.92 Å². The van der Waals surface area contributed by atoms with Crippen LogP contribution in [-0.2, 0) is 0 Å². The molecule has 0 heteroatoms. The van der Waals surface area contributed by atoms with Crippen LogP contribution in [0.2, 0.25) is 0 Å². The van der Waals surface area contributed by atoms with Gasteiger partial charge in [-0.15, -0.1) is 0 Å². The molecule has 0 nitrogen and oxygen atoms in total. The molecule has 70 valence electrons. The fourth-order valence-electron chi connectivity index (χ4n) is 1.60. The highest BCUT2D eigenvalue weighted by molar-refractivity contribution is 5.31. The highest BCUT2D eigenvalue weighted by Gasteiger charge is 2.08. The van der Waals surface area contributed by atoms with Gasteiger partial charge in [-0.25, -0.2) is 0 Å². The van der Waals surface area contributed by atoms with E-state index in [0.29, 0.717) is 5.92 Å². The lowest BCUT2D eigenvalue weighted by atomic mass is 9.90. The average molecular weight is 174 g/mol. The summed E-state index contributed by atoms with van der Waals surface area (Å²) >= 11 is 0. The van der Waals surface area contributed by atoms with Crippen LogP contribution >= 0.6 is 0 Å². The van der Waals surface area contributed by atoms with Gasteiger partial charge in [-0.2, -0.15) is 0 Å². The summed E-state index contributed by atoms with van der Waals surface area (Å²) < 4.78 is 0. The highest BCUT2D eigenvalue weighted by Crippen LogP contribution is 2.23. The van der Waals surface area contributed by atoms with Gasteiger partial charge in [0.25, 0.3) is 0 Å². The minimum absolute atomic E-state index is 0.588. The predicted molar refractivity (Wildman–Crippen MR) is 59.6 cm³/mol. The summed E-state index contributed by atoms with van der Waals surface area (Å²) in [6.45, 7) is 6.32. The minimum Gasteiger partial charge on any atom is -0.0874 e. The molecule has 0 N–H and O–H groups in total. The van der Waals surface area contributed by atoms with Crippen LogP contribution in [0.1, 0.15) is 27.2 Å². The molecule has 0 aromatic rings.